The number of nitrogens with zero attached hydrogens (tertiary/aromatic N) is 1. The Kier molecular flexibility index (Phi) is 6.21. The van der Waals surface area contributed by atoms with E-state index in [9.17, 15) is 5.11 Å². The van der Waals surface area contributed by atoms with Crippen molar-refractivity contribution in [3.63, 3.8) is 0 Å². The summed E-state index contributed by atoms with van der Waals surface area (Å²) in [6, 6.07) is 8.10. The minimum absolute atomic E-state index is 0.309. The molecule has 0 bridgehead atoms. The lowest BCUT2D eigenvalue weighted by molar-refractivity contribution is 0.0282. The molecule has 0 aliphatic rings. The Morgan fingerprint density at radius 3 is 3.05 bits per heavy atom. The zero-order valence-electron chi connectivity index (χ0n) is 12.3. The van der Waals surface area contributed by atoms with Gasteiger partial charge in [-0.2, -0.15) is 0 Å². The molecular formula is C17H21NO2S. The number of benzene rings is 1. The van der Waals surface area contributed by atoms with E-state index in [1.165, 1.54) is 10.1 Å². The van der Waals surface area contributed by atoms with Gasteiger partial charge in [0.25, 0.3) is 0 Å². The summed E-state index contributed by atoms with van der Waals surface area (Å²) in [6.45, 7) is 5.29. The minimum Gasteiger partial charge on any atom is -0.386 e. The molecule has 0 amide bonds. The summed E-state index contributed by atoms with van der Waals surface area (Å²) in [5, 5.41) is 13.4. The quantitative estimate of drug-likeness (QED) is 0.601. The van der Waals surface area contributed by atoms with Crippen molar-refractivity contribution in [2.75, 3.05) is 32.8 Å². The molecule has 112 valence electrons. The van der Waals surface area contributed by atoms with Gasteiger partial charge in [0.15, 0.2) is 0 Å². The second kappa shape index (κ2) is 8.16. The smallest absolute Gasteiger partial charge is 0.102 e. The molecule has 1 aromatic carbocycles. The van der Waals surface area contributed by atoms with Gasteiger partial charge in [-0.15, -0.1) is 17.8 Å². The standard InChI is InChI=1S/C17H21NO2S/c1-3-8-18(4-2)9-10-20-13-16(19)14-5-6-17-15(12-14)7-11-21-17/h1,5-7,11-12,16,19H,4,8-10,13H2,2H3. The minimum atomic E-state index is -0.586. The number of aliphatic hydroxyl groups excluding tert-OH is 1. The number of rotatable bonds is 8. The highest BCUT2D eigenvalue weighted by Gasteiger charge is 2.09. The Bertz CT molecular complexity index is 602. The van der Waals surface area contributed by atoms with Crippen LogP contribution in [0.2, 0.25) is 0 Å². The third-order valence-electron chi connectivity index (χ3n) is 3.45. The van der Waals surface area contributed by atoms with Crippen LogP contribution in [0.5, 0.6) is 0 Å². The number of thiophene rings is 1. The molecule has 1 atom stereocenters. The third-order valence-corrected chi connectivity index (χ3v) is 4.35. The molecule has 1 N–H and O–H groups in total. The van der Waals surface area contributed by atoms with E-state index in [1.54, 1.807) is 11.3 Å². The van der Waals surface area contributed by atoms with E-state index in [2.05, 4.69) is 29.2 Å². The van der Waals surface area contributed by atoms with Crippen molar-refractivity contribution in [3.8, 4) is 12.3 Å². The van der Waals surface area contributed by atoms with Crippen molar-refractivity contribution in [2.45, 2.75) is 13.0 Å². The molecule has 3 nitrogen and oxygen atoms in total. The summed E-state index contributed by atoms with van der Waals surface area (Å²) >= 11 is 1.70. The molecule has 0 radical (unpaired) electrons. The fourth-order valence-electron chi connectivity index (χ4n) is 2.16. The van der Waals surface area contributed by atoms with Crippen molar-refractivity contribution >= 4 is 21.4 Å². The number of likely N-dealkylation sites (N-methyl/N-ethyl adjacent to an activating group) is 1. The SMILES string of the molecule is C#CCN(CC)CCOCC(O)c1ccc2sccc2c1. The van der Waals surface area contributed by atoms with Crippen molar-refractivity contribution in [1.29, 1.82) is 0 Å². The van der Waals surface area contributed by atoms with Gasteiger partial charge in [0.1, 0.15) is 6.10 Å². The molecule has 21 heavy (non-hydrogen) atoms. The molecule has 1 unspecified atom stereocenters. The fourth-order valence-corrected chi connectivity index (χ4v) is 2.93. The van der Waals surface area contributed by atoms with E-state index in [0.29, 0.717) is 19.8 Å². The van der Waals surface area contributed by atoms with Gasteiger partial charge in [0.2, 0.25) is 0 Å². The molecule has 2 rings (SSSR count). The van der Waals surface area contributed by atoms with Crippen molar-refractivity contribution < 1.29 is 9.84 Å². The highest BCUT2D eigenvalue weighted by Crippen LogP contribution is 2.24. The summed E-state index contributed by atoms with van der Waals surface area (Å²) in [4.78, 5) is 2.13. The molecule has 1 aromatic heterocycles. The van der Waals surface area contributed by atoms with Crippen molar-refractivity contribution in [2.24, 2.45) is 0 Å². The Balaban J connectivity index is 1.79. The zero-order valence-corrected chi connectivity index (χ0v) is 13.1. The van der Waals surface area contributed by atoms with Crippen molar-refractivity contribution in [3.05, 3.63) is 35.2 Å². The Hall–Kier alpha value is -1.38. The van der Waals surface area contributed by atoms with E-state index in [4.69, 9.17) is 11.2 Å². The summed E-state index contributed by atoms with van der Waals surface area (Å²) in [7, 11) is 0. The van der Waals surface area contributed by atoms with Crippen LogP contribution in [-0.2, 0) is 4.74 Å². The monoisotopic (exact) mass is 303 g/mol. The van der Waals surface area contributed by atoms with Gasteiger partial charge in [-0.05, 0) is 41.1 Å². The van der Waals surface area contributed by atoms with E-state index in [0.717, 1.165) is 18.7 Å². The Morgan fingerprint density at radius 1 is 1.43 bits per heavy atom. The molecule has 0 spiro atoms. The highest BCUT2D eigenvalue weighted by atomic mass is 32.1. The highest BCUT2D eigenvalue weighted by molar-refractivity contribution is 7.17. The number of hydrogen-bond donors (Lipinski definition) is 1. The summed E-state index contributed by atoms with van der Waals surface area (Å²) in [5.74, 6) is 2.63. The maximum atomic E-state index is 10.2. The van der Waals surface area contributed by atoms with Crippen LogP contribution in [0.3, 0.4) is 0 Å². The predicted molar refractivity (Wildman–Crippen MR) is 88.6 cm³/mol. The van der Waals surface area contributed by atoms with Gasteiger partial charge in [-0.3, -0.25) is 4.90 Å². The molecular weight excluding hydrogens is 282 g/mol. The van der Waals surface area contributed by atoms with E-state index >= 15 is 0 Å². The number of fused-ring (bicyclic) bond motifs is 1. The second-order valence-electron chi connectivity index (χ2n) is 4.88. The Morgan fingerprint density at radius 2 is 2.29 bits per heavy atom. The molecule has 0 aliphatic heterocycles. The van der Waals surface area contributed by atoms with Gasteiger partial charge in [0.05, 0.1) is 19.8 Å². The van der Waals surface area contributed by atoms with Crippen LogP contribution in [0.4, 0.5) is 0 Å². The normalized spacial score (nSPS) is 12.7. The van der Waals surface area contributed by atoms with Gasteiger partial charge in [-0.1, -0.05) is 18.9 Å². The lowest BCUT2D eigenvalue weighted by Crippen LogP contribution is -2.28. The lowest BCUT2D eigenvalue weighted by Gasteiger charge is -2.18. The van der Waals surface area contributed by atoms with Gasteiger partial charge in [0, 0.05) is 11.2 Å². The molecule has 0 fully saturated rings. The first-order valence-electron chi connectivity index (χ1n) is 7.13. The lowest BCUT2D eigenvalue weighted by atomic mass is 10.1. The first-order chi connectivity index (χ1) is 10.2. The first kappa shape index (κ1) is 16.0. The molecule has 0 saturated carbocycles. The molecule has 0 saturated heterocycles. The number of ether oxygens (including phenoxy) is 1. The summed E-state index contributed by atoms with van der Waals surface area (Å²) < 4.78 is 6.80. The number of aliphatic hydroxyl groups is 1. The first-order valence-corrected chi connectivity index (χ1v) is 8.01. The van der Waals surface area contributed by atoms with Gasteiger partial charge < -0.3 is 9.84 Å². The average Bonchev–Trinajstić information content (AvgIpc) is 2.97. The molecule has 2 aromatic rings. The summed E-state index contributed by atoms with van der Waals surface area (Å²) in [6.07, 6.45) is 4.71. The second-order valence-corrected chi connectivity index (χ2v) is 5.83. The Labute approximate surface area is 130 Å². The maximum Gasteiger partial charge on any atom is 0.102 e. The largest absolute Gasteiger partial charge is 0.386 e. The molecule has 4 heteroatoms. The predicted octanol–water partition coefficient (Wildman–Crippen LogP) is 2.91. The van der Waals surface area contributed by atoms with Crippen molar-refractivity contribution in [1.82, 2.24) is 4.90 Å². The topological polar surface area (TPSA) is 32.7 Å². The van der Waals surface area contributed by atoms with E-state index in [1.807, 2.05) is 18.2 Å². The van der Waals surface area contributed by atoms with Crippen LogP contribution in [-0.4, -0.2) is 42.9 Å². The van der Waals surface area contributed by atoms with Crippen LogP contribution in [0.15, 0.2) is 29.6 Å². The van der Waals surface area contributed by atoms with E-state index in [-0.39, 0.29) is 0 Å². The summed E-state index contributed by atoms with van der Waals surface area (Å²) in [5.41, 5.74) is 0.900. The molecule has 1 heterocycles. The fraction of sp³-hybridized carbons (Fsp3) is 0.412. The van der Waals surface area contributed by atoms with Crippen LogP contribution in [0, 0.1) is 12.3 Å². The van der Waals surface area contributed by atoms with Crippen LogP contribution in [0.1, 0.15) is 18.6 Å². The average molecular weight is 303 g/mol. The van der Waals surface area contributed by atoms with E-state index < -0.39 is 6.10 Å². The maximum absolute atomic E-state index is 10.2. The van der Waals surface area contributed by atoms with Crippen LogP contribution >= 0.6 is 11.3 Å². The third kappa shape index (κ3) is 4.55. The molecule has 0 aliphatic carbocycles. The van der Waals surface area contributed by atoms with Crippen LogP contribution < -0.4 is 0 Å². The van der Waals surface area contributed by atoms with Gasteiger partial charge >= 0.3 is 0 Å². The van der Waals surface area contributed by atoms with Crippen LogP contribution in [0.25, 0.3) is 10.1 Å². The van der Waals surface area contributed by atoms with Gasteiger partial charge in [-0.25, -0.2) is 0 Å². The zero-order chi connectivity index (χ0) is 15.1. The number of terminal acetylenes is 1. The number of hydrogen-bond acceptors (Lipinski definition) is 4.